The van der Waals surface area contributed by atoms with Crippen LogP contribution in [0.2, 0.25) is 0 Å². The number of nitrogens with one attached hydrogen (secondary N) is 1. The van der Waals surface area contributed by atoms with E-state index in [0.717, 1.165) is 28.6 Å². The van der Waals surface area contributed by atoms with Gasteiger partial charge in [0.05, 0.1) is 11.2 Å². The number of fused-ring (bicyclic) bond motifs is 1. The first-order valence-corrected chi connectivity index (χ1v) is 7.36. The molecule has 4 heteroatoms. The molecule has 0 spiro atoms. The number of hydrogen-bond donors (Lipinski definition) is 1. The molecule has 1 aromatic heterocycles. The van der Waals surface area contributed by atoms with E-state index in [4.69, 9.17) is 0 Å². The van der Waals surface area contributed by atoms with Gasteiger partial charge in [-0.15, -0.1) is 0 Å². The predicted molar refractivity (Wildman–Crippen MR) is 87.1 cm³/mol. The Balaban J connectivity index is 2.02. The Morgan fingerprint density at radius 2 is 1.77 bits per heavy atom. The molecule has 4 nitrogen and oxygen atoms in total. The third kappa shape index (κ3) is 2.00. The number of hydrogen-bond acceptors (Lipinski definition) is 2. The van der Waals surface area contributed by atoms with Gasteiger partial charge < -0.3 is 5.32 Å². The molecule has 1 aliphatic heterocycles. The average molecular weight is 289 g/mol. The van der Waals surface area contributed by atoms with E-state index in [0.29, 0.717) is 12.2 Å². The Kier molecular flexibility index (Phi) is 3.00. The van der Waals surface area contributed by atoms with Crippen LogP contribution in [-0.4, -0.2) is 22.2 Å². The molecule has 1 aliphatic rings. The number of nitrogens with zero attached hydrogens (tertiary/aromatic N) is 2. The van der Waals surface area contributed by atoms with Crippen molar-refractivity contribution < 1.29 is 4.79 Å². The van der Waals surface area contributed by atoms with Gasteiger partial charge in [0, 0.05) is 17.5 Å². The minimum absolute atomic E-state index is 0.0729. The van der Waals surface area contributed by atoms with E-state index < -0.39 is 0 Å². The summed E-state index contributed by atoms with van der Waals surface area (Å²) >= 11 is 0. The average Bonchev–Trinajstić information content (AvgIpc) is 2.95. The van der Waals surface area contributed by atoms with Crippen LogP contribution in [0.25, 0.3) is 27.9 Å². The fourth-order valence-corrected chi connectivity index (χ4v) is 2.84. The van der Waals surface area contributed by atoms with Crippen molar-refractivity contribution in [2.24, 2.45) is 0 Å². The number of benzene rings is 2. The van der Waals surface area contributed by atoms with Crippen molar-refractivity contribution in [1.82, 2.24) is 15.1 Å². The summed E-state index contributed by atoms with van der Waals surface area (Å²) in [5.74, 6) is -0.0729. The lowest BCUT2D eigenvalue weighted by atomic mass is 10.1. The van der Waals surface area contributed by atoms with E-state index in [9.17, 15) is 4.79 Å². The van der Waals surface area contributed by atoms with E-state index in [1.807, 2.05) is 60.7 Å². The lowest BCUT2D eigenvalue weighted by Gasteiger charge is -2.16. The summed E-state index contributed by atoms with van der Waals surface area (Å²) in [4.78, 5) is 12.2. The summed E-state index contributed by atoms with van der Waals surface area (Å²) in [6.07, 6.45) is 2.78. The first-order valence-electron chi connectivity index (χ1n) is 7.36. The van der Waals surface area contributed by atoms with Crippen molar-refractivity contribution in [3.8, 4) is 11.3 Å². The minimum Gasteiger partial charge on any atom is -0.350 e. The second kappa shape index (κ2) is 5.15. The van der Waals surface area contributed by atoms with Crippen LogP contribution in [-0.2, 0) is 4.79 Å². The third-order valence-corrected chi connectivity index (χ3v) is 3.85. The molecule has 4 rings (SSSR count). The zero-order chi connectivity index (χ0) is 14.9. The summed E-state index contributed by atoms with van der Waals surface area (Å²) in [6.45, 7) is 0.684. The maximum absolute atomic E-state index is 12.2. The monoisotopic (exact) mass is 289 g/mol. The van der Waals surface area contributed by atoms with Gasteiger partial charge >= 0.3 is 0 Å². The zero-order valence-electron chi connectivity index (χ0n) is 12.0. The highest BCUT2D eigenvalue weighted by Crippen LogP contribution is 2.31. The van der Waals surface area contributed by atoms with Crippen LogP contribution in [0.15, 0.2) is 60.7 Å². The first-order chi connectivity index (χ1) is 10.8. The minimum atomic E-state index is -0.0729. The van der Waals surface area contributed by atoms with Gasteiger partial charge in [0.1, 0.15) is 5.70 Å². The highest BCUT2D eigenvalue weighted by atomic mass is 16.2. The van der Waals surface area contributed by atoms with E-state index in [-0.39, 0.29) is 5.91 Å². The molecule has 0 aliphatic carbocycles. The van der Waals surface area contributed by atoms with E-state index in [2.05, 4.69) is 10.4 Å². The quantitative estimate of drug-likeness (QED) is 0.788. The standard InChI is InChI=1S/C18H15N3O/c22-18-16(11-6-12-19-18)21-17(13-7-2-1-3-8-13)14-9-4-5-10-15(14)20-21/h1-5,7-11H,6,12H2,(H,19,22). The Hall–Kier alpha value is -2.88. The summed E-state index contributed by atoms with van der Waals surface area (Å²) in [5.41, 5.74) is 3.50. The summed E-state index contributed by atoms with van der Waals surface area (Å²) in [5, 5.41) is 8.59. The van der Waals surface area contributed by atoms with Crippen molar-refractivity contribution in [3.63, 3.8) is 0 Å². The van der Waals surface area contributed by atoms with Gasteiger partial charge in [-0.2, -0.15) is 5.10 Å². The molecule has 0 atom stereocenters. The Morgan fingerprint density at radius 3 is 2.59 bits per heavy atom. The van der Waals surface area contributed by atoms with Gasteiger partial charge in [-0.3, -0.25) is 4.79 Å². The van der Waals surface area contributed by atoms with Crippen LogP contribution >= 0.6 is 0 Å². The van der Waals surface area contributed by atoms with Crippen LogP contribution in [0.4, 0.5) is 0 Å². The topological polar surface area (TPSA) is 46.9 Å². The lowest BCUT2D eigenvalue weighted by molar-refractivity contribution is -0.116. The second-order valence-electron chi connectivity index (χ2n) is 5.28. The Bertz CT molecular complexity index is 878. The molecule has 0 saturated heterocycles. The second-order valence-corrected chi connectivity index (χ2v) is 5.28. The van der Waals surface area contributed by atoms with Crippen LogP contribution in [0.5, 0.6) is 0 Å². The molecule has 22 heavy (non-hydrogen) atoms. The van der Waals surface area contributed by atoms with Crippen molar-refractivity contribution in [1.29, 1.82) is 0 Å². The van der Waals surface area contributed by atoms with Crippen LogP contribution in [0, 0.1) is 0 Å². The van der Waals surface area contributed by atoms with Crippen molar-refractivity contribution >= 4 is 22.5 Å². The number of rotatable bonds is 2. The van der Waals surface area contributed by atoms with Crippen LogP contribution in [0.3, 0.4) is 0 Å². The van der Waals surface area contributed by atoms with Crippen LogP contribution in [0.1, 0.15) is 6.42 Å². The molecule has 3 aromatic rings. The van der Waals surface area contributed by atoms with Gasteiger partial charge in [0.15, 0.2) is 0 Å². The SMILES string of the molecule is O=C1NCCC=C1n1nc2ccccc2c1-c1ccccc1. The van der Waals surface area contributed by atoms with Gasteiger partial charge in [-0.05, 0) is 12.5 Å². The number of carbonyl (C=O) groups excluding carboxylic acids is 1. The summed E-state index contributed by atoms with van der Waals surface area (Å²) < 4.78 is 1.77. The highest BCUT2D eigenvalue weighted by molar-refractivity contribution is 6.15. The molecule has 1 N–H and O–H groups in total. The molecular weight excluding hydrogens is 274 g/mol. The molecule has 0 unspecified atom stereocenters. The van der Waals surface area contributed by atoms with Gasteiger partial charge in [0.25, 0.3) is 5.91 Å². The summed E-state index contributed by atoms with van der Waals surface area (Å²) in [7, 11) is 0. The molecule has 0 saturated carbocycles. The number of aromatic nitrogens is 2. The molecule has 0 fully saturated rings. The third-order valence-electron chi connectivity index (χ3n) is 3.85. The Morgan fingerprint density at radius 1 is 1.00 bits per heavy atom. The Labute approximate surface area is 128 Å². The van der Waals surface area contributed by atoms with Crippen molar-refractivity contribution in [2.45, 2.75) is 6.42 Å². The van der Waals surface area contributed by atoms with E-state index in [1.165, 1.54) is 0 Å². The van der Waals surface area contributed by atoms with Crippen molar-refractivity contribution in [3.05, 3.63) is 60.7 Å². The smallest absolute Gasteiger partial charge is 0.269 e. The van der Waals surface area contributed by atoms with Gasteiger partial charge in [0.2, 0.25) is 0 Å². The van der Waals surface area contributed by atoms with Gasteiger partial charge in [-0.25, -0.2) is 4.68 Å². The molecule has 0 bridgehead atoms. The molecule has 2 aromatic carbocycles. The number of carbonyl (C=O) groups is 1. The molecule has 1 amide bonds. The molecule has 0 radical (unpaired) electrons. The maximum atomic E-state index is 12.2. The van der Waals surface area contributed by atoms with Crippen LogP contribution < -0.4 is 5.32 Å². The first kappa shape index (κ1) is 12.8. The fraction of sp³-hybridized carbons (Fsp3) is 0.111. The van der Waals surface area contributed by atoms with E-state index in [1.54, 1.807) is 4.68 Å². The van der Waals surface area contributed by atoms with E-state index >= 15 is 0 Å². The predicted octanol–water partition coefficient (Wildman–Crippen LogP) is 3.06. The number of amides is 1. The molecule has 2 heterocycles. The normalized spacial score (nSPS) is 14.7. The zero-order valence-corrected chi connectivity index (χ0v) is 12.0. The molecule has 108 valence electrons. The van der Waals surface area contributed by atoms with Gasteiger partial charge in [-0.1, -0.05) is 54.6 Å². The summed E-state index contributed by atoms with van der Waals surface area (Å²) in [6, 6.07) is 18.0. The lowest BCUT2D eigenvalue weighted by Crippen LogP contribution is -2.31. The fourth-order valence-electron chi connectivity index (χ4n) is 2.84. The highest BCUT2D eigenvalue weighted by Gasteiger charge is 2.21. The molecular formula is C18H15N3O. The maximum Gasteiger partial charge on any atom is 0.269 e. The largest absolute Gasteiger partial charge is 0.350 e. The van der Waals surface area contributed by atoms with Crippen molar-refractivity contribution in [2.75, 3.05) is 6.54 Å².